The van der Waals surface area contributed by atoms with E-state index in [1.807, 2.05) is 4.90 Å². The lowest BCUT2D eigenvalue weighted by Crippen LogP contribution is -2.46. The van der Waals surface area contributed by atoms with Gasteiger partial charge in [-0.2, -0.15) is 0 Å². The maximum absolute atomic E-state index is 13.4. The van der Waals surface area contributed by atoms with Crippen molar-refractivity contribution >= 4 is 17.5 Å². The van der Waals surface area contributed by atoms with Crippen LogP contribution in [0.15, 0.2) is 53.1 Å². The molecule has 0 radical (unpaired) electrons. The smallest absolute Gasteiger partial charge is 0.254 e. The summed E-state index contributed by atoms with van der Waals surface area (Å²) in [5.41, 5.74) is 1.42. The van der Waals surface area contributed by atoms with Crippen LogP contribution in [0.2, 0.25) is 0 Å². The van der Waals surface area contributed by atoms with Crippen LogP contribution in [0.1, 0.15) is 25.0 Å². The molecule has 1 saturated heterocycles. The maximum Gasteiger partial charge on any atom is 0.254 e. The predicted octanol–water partition coefficient (Wildman–Crippen LogP) is 1.34. The number of aromatic nitrogens is 2. The van der Waals surface area contributed by atoms with E-state index in [1.54, 1.807) is 62.8 Å². The molecule has 176 valence electrons. The Morgan fingerprint density at radius 3 is 2.26 bits per heavy atom. The third-order valence-corrected chi connectivity index (χ3v) is 6.22. The highest BCUT2D eigenvalue weighted by Gasteiger charge is 2.48. The lowest BCUT2D eigenvalue weighted by molar-refractivity contribution is -0.678. The van der Waals surface area contributed by atoms with Crippen molar-refractivity contribution in [1.29, 1.82) is 0 Å². The Kier molecular flexibility index (Phi) is 5.66. The van der Waals surface area contributed by atoms with Crippen LogP contribution in [-0.4, -0.2) is 48.3 Å². The first kappa shape index (κ1) is 21.9. The van der Waals surface area contributed by atoms with E-state index in [0.717, 1.165) is 12.8 Å². The van der Waals surface area contributed by atoms with Crippen molar-refractivity contribution in [2.45, 2.75) is 37.9 Å². The number of imide groups is 1. The Balaban J connectivity index is 1.42. The minimum absolute atomic E-state index is 0.0450. The Bertz CT molecular complexity index is 1200. The number of hydrogen-bond acceptors (Lipinski definition) is 8. The quantitative estimate of drug-likeness (QED) is 0.363. The van der Waals surface area contributed by atoms with Gasteiger partial charge in [-0.3, -0.25) is 14.5 Å². The maximum atomic E-state index is 13.4. The zero-order valence-electron chi connectivity index (χ0n) is 18.8. The largest absolute Gasteiger partial charge is 0.539 e. The molecule has 1 saturated carbocycles. The van der Waals surface area contributed by atoms with E-state index in [9.17, 15) is 14.7 Å². The molecule has 0 bridgehead atoms. The molecule has 3 aromatic rings. The number of ether oxygens (including phenoxy) is 2. The number of benzene rings is 2. The highest BCUT2D eigenvalue weighted by molar-refractivity contribution is 6.22. The third kappa shape index (κ3) is 3.96. The average Bonchev–Trinajstić information content (AvgIpc) is 3.58. The molecule has 10 nitrogen and oxygen atoms in total. The summed E-state index contributed by atoms with van der Waals surface area (Å²) in [5.74, 6) is 0.149. The summed E-state index contributed by atoms with van der Waals surface area (Å²) in [4.78, 5) is 29.4. The van der Waals surface area contributed by atoms with Crippen LogP contribution in [-0.2, 0) is 16.1 Å². The van der Waals surface area contributed by atoms with Gasteiger partial charge >= 0.3 is 0 Å². The van der Waals surface area contributed by atoms with Gasteiger partial charge in [0.1, 0.15) is 11.5 Å². The third-order valence-electron chi connectivity index (χ3n) is 6.22. The van der Waals surface area contributed by atoms with Crippen LogP contribution in [0.4, 0.5) is 5.69 Å². The fourth-order valence-corrected chi connectivity index (χ4v) is 4.27. The highest BCUT2D eigenvalue weighted by atomic mass is 16.6. The molecule has 1 aliphatic heterocycles. The van der Waals surface area contributed by atoms with Gasteiger partial charge in [0.2, 0.25) is 11.6 Å². The number of carbonyl (C=O) groups is 2. The molecule has 2 amide bonds. The molecule has 1 atom stereocenters. The van der Waals surface area contributed by atoms with Gasteiger partial charge in [0.25, 0.3) is 11.6 Å². The second kappa shape index (κ2) is 8.79. The second-order valence-electron chi connectivity index (χ2n) is 8.31. The Hall–Kier alpha value is -3.92. The summed E-state index contributed by atoms with van der Waals surface area (Å²) >= 11 is 0. The Morgan fingerprint density at radius 1 is 1.06 bits per heavy atom. The minimum atomic E-state index is -0.666. The molecule has 2 heterocycles. The normalized spacial score (nSPS) is 18.1. The van der Waals surface area contributed by atoms with Crippen molar-refractivity contribution in [2.24, 2.45) is 0 Å². The lowest BCUT2D eigenvalue weighted by Gasteiger charge is -2.26. The molecule has 5 rings (SSSR count). The van der Waals surface area contributed by atoms with Crippen LogP contribution in [0.25, 0.3) is 5.69 Å². The van der Waals surface area contributed by atoms with Crippen LogP contribution in [0, 0.1) is 0 Å². The van der Waals surface area contributed by atoms with E-state index >= 15 is 0 Å². The predicted molar refractivity (Wildman–Crippen MR) is 116 cm³/mol. The van der Waals surface area contributed by atoms with Gasteiger partial charge in [0.15, 0.2) is 5.95 Å². The van der Waals surface area contributed by atoms with Gasteiger partial charge in [-0.25, -0.2) is 4.90 Å². The van der Waals surface area contributed by atoms with Gasteiger partial charge in [-0.05, 0) is 53.9 Å². The van der Waals surface area contributed by atoms with Gasteiger partial charge < -0.3 is 19.1 Å². The molecule has 2 aliphatic rings. The number of hydrogen-bond donors (Lipinski definition) is 0. The summed E-state index contributed by atoms with van der Waals surface area (Å²) < 4.78 is 16.7. The molecule has 1 unspecified atom stereocenters. The number of amides is 2. The van der Waals surface area contributed by atoms with Gasteiger partial charge in [0.05, 0.1) is 44.2 Å². The molecule has 0 spiro atoms. The van der Waals surface area contributed by atoms with E-state index < -0.39 is 12.0 Å². The summed E-state index contributed by atoms with van der Waals surface area (Å²) in [5, 5.41) is 16.4. The molecular weight excluding hydrogens is 440 g/mol. The molecule has 2 aromatic carbocycles. The summed E-state index contributed by atoms with van der Waals surface area (Å²) in [6.45, 7) is 0.138. The summed E-state index contributed by atoms with van der Waals surface area (Å²) in [6, 6.07) is 13.3. The number of anilines is 1. The zero-order chi connectivity index (χ0) is 23.8. The molecular formula is C24H24N4O6. The minimum Gasteiger partial charge on any atom is -0.539 e. The number of carbonyl (C=O) groups excluding carboxylic acids is 2. The van der Waals surface area contributed by atoms with Crippen molar-refractivity contribution < 1.29 is 33.4 Å². The second-order valence-corrected chi connectivity index (χ2v) is 8.31. The first-order valence-electron chi connectivity index (χ1n) is 11.0. The lowest BCUT2D eigenvalue weighted by atomic mass is 10.2. The monoisotopic (exact) mass is 464 g/mol. The number of methoxy groups -OCH3 is 2. The fourth-order valence-electron chi connectivity index (χ4n) is 4.27. The zero-order valence-corrected chi connectivity index (χ0v) is 18.8. The number of rotatable bonds is 8. The topological polar surface area (TPSA) is 112 Å². The van der Waals surface area contributed by atoms with Crippen molar-refractivity contribution in [3.05, 3.63) is 54.2 Å². The van der Waals surface area contributed by atoms with Gasteiger partial charge in [0, 0.05) is 18.2 Å². The van der Waals surface area contributed by atoms with E-state index in [4.69, 9.17) is 14.0 Å². The van der Waals surface area contributed by atoms with Crippen molar-refractivity contribution in [1.82, 2.24) is 10.2 Å². The summed E-state index contributed by atoms with van der Waals surface area (Å²) in [6.07, 6.45) is 1.83. The van der Waals surface area contributed by atoms with Crippen LogP contribution in [0.5, 0.6) is 17.4 Å². The van der Waals surface area contributed by atoms with E-state index in [2.05, 4.69) is 5.27 Å². The van der Waals surface area contributed by atoms with Crippen molar-refractivity contribution in [3.8, 4) is 23.1 Å². The summed E-state index contributed by atoms with van der Waals surface area (Å²) in [7, 11) is 3.12. The van der Waals surface area contributed by atoms with E-state index in [0.29, 0.717) is 28.6 Å². The fraction of sp³-hybridized carbons (Fsp3) is 0.333. The van der Waals surface area contributed by atoms with Crippen LogP contribution in [0.3, 0.4) is 0 Å². The van der Waals surface area contributed by atoms with Crippen LogP contribution >= 0.6 is 0 Å². The molecule has 10 heteroatoms. The SMILES string of the molecule is COc1ccc(N2C(=O)CC(N(Cc3c([O-])on[n+]3-c3ccc(OC)cc3)C3CC3)C2=O)cc1. The first-order valence-corrected chi connectivity index (χ1v) is 11.0. The van der Waals surface area contributed by atoms with E-state index in [-0.39, 0.29) is 30.8 Å². The van der Waals surface area contributed by atoms with E-state index in [1.165, 1.54) is 9.58 Å². The highest BCUT2D eigenvalue weighted by Crippen LogP contribution is 2.36. The standard InChI is InChI=1S/C24H24N4O6/c1-32-18-9-5-16(6-10-18)27-22(29)13-20(23(27)30)26(15-3-4-15)14-21-24(31)34-25-28(21)17-7-11-19(33-2)12-8-17/h5-12,15,20H,3-4,13-14H2,1-2H3. The molecule has 2 fully saturated rings. The Labute approximate surface area is 195 Å². The van der Waals surface area contributed by atoms with Gasteiger partial charge in [-0.1, -0.05) is 0 Å². The van der Waals surface area contributed by atoms with Gasteiger partial charge in [-0.15, -0.1) is 0 Å². The molecule has 0 N–H and O–H groups in total. The van der Waals surface area contributed by atoms with Crippen LogP contribution < -0.4 is 24.2 Å². The average molecular weight is 464 g/mol. The molecule has 1 aromatic heterocycles. The van der Waals surface area contributed by atoms with Crippen molar-refractivity contribution in [3.63, 3.8) is 0 Å². The molecule has 34 heavy (non-hydrogen) atoms. The first-order chi connectivity index (χ1) is 16.5. The van der Waals surface area contributed by atoms with Crippen molar-refractivity contribution in [2.75, 3.05) is 19.1 Å². The molecule has 1 aliphatic carbocycles. The Morgan fingerprint density at radius 2 is 1.68 bits per heavy atom. The number of nitrogens with zero attached hydrogens (tertiary/aromatic N) is 4.